The number of nitrogens with one attached hydrogen (secondary N) is 1. The molecule has 1 atom stereocenters. The van der Waals surface area contributed by atoms with E-state index in [4.69, 9.17) is 0 Å². The lowest BCUT2D eigenvalue weighted by molar-refractivity contribution is -0.121. The summed E-state index contributed by atoms with van der Waals surface area (Å²) < 4.78 is 26.3. The van der Waals surface area contributed by atoms with Crippen molar-refractivity contribution in [2.45, 2.75) is 44.0 Å². The van der Waals surface area contributed by atoms with Crippen molar-refractivity contribution in [3.8, 4) is 0 Å². The van der Waals surface area contributed by atoms with Gasteiger partial charge >= 0.3 is 0 Å². The van der Waals surface area contributed by atoms with E-state index in [1.807, 2.05) is 19.9 Å². The van der Waals surface area contributed by atoms with Crippen LogP contribution in [0.3, 0.4) is 0 Å². The van der Waals surface area contributed by atoms with Gasteiger partial charge in [0.2, 0.25) is 15.9 Å². The van der Waals surface area contributed by atoms with E-state index in [0.717, 1.165) is 28.3 Å². The molecule has 27 heavy (non-hydrogen) atoms. The SMILES string of the molecule is Cc1ccc(S(=O)(=O)N(C)CC(=O)N[C@@H](C)c2ccc3c(c2)CCC3)cc1. The molecule has 2 aromatic carbocycles. The zero-order valence-electron chi connectivity index (χ0n) is 16.0. The summed E-state index contributed by atoms with van der Waals surface area (Å²) in [7, 11) is -2.26. The number of nitrogens with zero attached hydrogens (tertiary/aromatic N) is 1. The number of hydrogen-bond acceptors (Lipinski definition) is 3. The molecule has 1 N–H and O–H groups in total. The van der Waals surface area contributed by atoms with E-state index in [0.29, 0.717) is 0 Å². The fraction of sp³-hybridized carbons (Fsp3) is 0.381. The summed E-state index contributed by atoms with van der Waals surface area (Å²) in [5.41, 5.74) is 4.78. The number of likely N-dealkylation sites (N-methyl/N-ethyl adjacent to an activating group) is 1. The molecule has 144 valence electrons. The van der Waals surface area contributed by atoms with E-state index in [-0.39, 0.29) is 23.4 Å². The molecule has 2 aromatic rings. The molecule has 0 aromatic heterocycles. The van der Waals surface area contributed by atoms with Crippen LogP contribution in [0, 0.1) is 6.92 Å². The number of benzene rings is 2. The highest BCUT2D eigenvalue weighted by Gasteiger charge is 2.23. The average molecular weight is 387 g/mol. The van der Waals surface area contributed by atoms with Crippen molar-refractivity contribution in [3.05, 3.63) is 64.7 Å². The van der Waals surface area contributed by atoms with Gasteiger partial charge in [-0.1, -0.05) is 35.9 Å². The van der Waals surface area contributed by atoms with Crippen LogP contribution in [-0.2, 0) is 27.7 Å². The number of rotatable bonds is 6. The number of hydrogen-bond donors (Lipinski definition) is 1. The first-order chi connectivity index (χ1) is 12.8. The zero-order valence-corrected chi connectivity index (χ0v) is 16.8. The highest BCUT2D eigenvalue weighted by molar-refractivity contribution is 7.89. The second-order valence-electron chi connectivity index (χ2n) is 7.25. The molecular weight excluding hydrogens is 360 g/mol. The maximum atomic E-state index is 12.6. The van der Waals surface area contributed by atoms with Gasteiger partial charge in [-0.25, -0.2) is 8.42 Å². The van der Waals surface area contributed by atoms with Gasteiger partial charge in [-0.2, -0.15) is 4.31 Å². The summed E-state index contributed by atoms with van der Waals surface area (Å²) in [6.45, 7) is 3.60. The van der Waals surface area contributed by atoms with Crippen LogP contribution in [0.4, 0.5) is 0 Å². The minimum atomic E-state index is -3.69. The van der Waals surface area contributed by atoms with Gasteiger partial charge in [0.15, 0.2) is 0 Å². The van der Waals surface area contributed by atoms with Gasteiger partial charge in [0, 0.05) is 7.05 Å². The molecule has 0 radical (unpaired) electrons. The van der Waals surface area contributed by atoms with Gasteiger partial charge in [0.05, 0.1) is 17.5 Å². The predicted octanol–water partition coefficient (Wildman–Crippen LogP) is 2.98. The Morgan fingerprint density at radius 1 is 1.11 bits per heavy atom. The Morgan fingerprint density at radius 3 is 2.48 bits per heavy atom. The summed E-state index contributed by atoms with van der Waals surface area (Å²) in [5.74, 6) is -0.318. The normalized spacial score (nSPS) is 14.8. The highest BCUT2D eigenvalue weighted by atomic mass is 32.2. The van der Waals surface area contributed by atoms with Crippen LogP contribution in [0.15, 0.2) is 47.4 Å². The van der Waals surface area contributed by atoms with Gasteiger partial charge in [-0.05, 0) is 61.9 Å². The molecular formula is C21H26N2O3S. The number of fused-ring (bicyclic) bond motifs is 1. The standard InChI is InChI=1S/C21H26N2O3S/c1-15-7-11-20(12-8-15)27(25,26)23(3)14-21(24)22-16(2)18-10-9-17-5-4-6-19(17)13-18/h7-13,16H,4-6,14H2,1-3H3,(H,22,24)/t16-/m0/s1. The Balaban J connectivity index is 1.63. The fourth-order valence-electron chi connectivity index (χ4n) is 3.41. The lowest BCUT2D eigenvalue weighted by Crippen LogP contribution is -2.39. The van der Waals surface area contributed by atoms with E-state index >= 15 is 0 Å². The van der Waals surface area contributed by atoms with Crippen LogP contribution < -0.4 is 5.32 Å². The van der Waals surface area contributed by atoms with Crippen LogP contribution >= 0.6 is 0 Å². The number of carbonyl (C=O) groups is 1. The van der Waals surface area contributed by atoms with Gasteiger partial charge < -0.3 is 5.32 Å². The Hall–Kier alpha value is -2.18. The van der Waals surface area contributed by atoms with Gasteiger partial charge in [0.1, 0.15) is 0 Å². The molecule has 1 aliphatic rings. The van der Waals surface area contributed by atoms with Gasteiger partial charge in [-0.3, -0.25) is 4.79 Å². The minimum absolute atomic E-state index is 0.168. The van der Waals surface area contributed by atoms with Crippen molar-refractivity contribution in [1.82, 2.24) is 9.62 Å². The van der Waals surface area contributed by atoms with Crippen LogP contribution in [0.5, 0.6) is 0 Å². The van der Waals surface area contributed by atoms with Crippen LogP contribution in [0.25, 0.3) is 0 Å². The first-order valence-electron chi connectivity index (χ1n) is 9.21. The Morgan fingerprint density at radius 2 is 1.78 bits per heavy atom. The third-order valence-corrected chi connectivity index (χ3v) is 6.91. The average Bonchev–Trinajstić information content (AvgIpc) is 3.09. The Labute approximate surface area is 161 Å². The summed E-state index contributed by atoms with van der Waals surface area (Å²) in [4.78, 5) is 12.6. The topological polar surface area (TPSA) is 66.5 Å². The van der Waals surface area contributed by atoms with Gasteiger partial charge in [0.25, 0.3) is 0 Å². The van der Waals surface area contributed by atoms with Crippen LogP contribution in [0.1, 0.15) is 41.6 Å². The molecule has 6 heteroatoms. The third kappa shape index (κ3) is 4.39. The quantitative estimate of drug-likeness (QED) is 0.830. The van der Waals surface area contributed by atoms with E-state index in [1.165, 1.54) is 24.6 Å². The predicted molar refractivity (Wildman–Crippen MR) is 106 cm³/mol. The molecule has 0 bridgehead atoms. The van der Waals surface area contributed by atoms with Crippen LogP contribution in [-0.4, -0.2) is 32.2 Å². The number of carbonyl (C=O) groups excluding carboxylic acids is 1. The summed E-state index contributed by atoms with van der Waals surface area (Å²) >= 11 is 0. The molecule has 0 saturated carbocycles. The lowest BCUT2D eigenvalue weighted by Gasteiger charge is -2.20. The fourth-order valence-corrected chi connectivity index (χ4v) is 4.54. The van der Waals surface area contributed by atoms with Crippen molar-refractivity contribution in [2.75, 3.05) is 13.6 Å². The second-order valence-corrected chi connectivity index (χ2v) is 9.29. The van der Waals surface area contributed by atoms with Crippen molar-refractivity contribution >= 4 is 15.9 Å². The summed E-state index contributed by atoms with van der Waals surface area (Å²) in [6.07, 6.45) is 3.39. The zero-order chi connectivity index (χ0) is 19.6. The molecule has 3 rings (SSSR count). The molecule has 0 saturated heterocycles. The number of aryl methyl sites for hydroxylation is 3. The van der Waals surface area contributed by atoms with Crippen molar-refractivity contribution < 1.29 is 13.2 Å². The number of amides is 1. The molecule has 0 unspecified atom stereocenters. The van der Waals surface area contributed by atoms with E-state index in [9.17, 15) is 13.2 Å². The van der Waals surface area contributed by atoms with Crippen LogP contribution in [0.2, 0.25) is 0 Å². The monoisotopic (exact) mass is 386 g/mol. The van der Waals surface area contributed by atoms with E-state index in [2.05, 4.69) is 17.4 Å². The van der Waals surface area contributed by atoms with Gasteiger partial charge in [-0.15, -0.1) is 0 Å². The van der Waals surface area contributed by atoms with Crippen molar-refractivity contribution in [3.63, 3.8) is 0 Å². The maximum absolute atomic E-state index is 12.6. The highest BCUT2D eigenvalue weighted by Crippen LogP contribution is 2.25. The summed E-state index contributed by atoms with van der Waals surface area (Å²) in [5, 5.41) is 2.91. The molecule has 1 aliphatic carbocycles. The Kier molecular flexibility index (Phi) is 5.67. The molecule has 0 fully saturated rings. The molecule has 0 aliphatic heterocycles. The molecule has 0 heterocycles. The van der Waals surface area contributed by atoms with Crippen molar-refractivity contribution in [1.29, 1.82) is 0 Å². The van der Waals surface area contributed by atoms with E-state index in [1.54, 1.807) is 24.3 Å². The minimum Gasteiger partial charge on any atom is -0.348 e. The number of sulfonamides is 1. The van der Waals surface area contributed by atoms with Crippen molar-refractivity contribution in [2.24, 2.45) is 0 Å². The maximum Gasteiger partial charge on any atom is 0.243 e. The van der Waals surface area contributed by atoms with E-state index < -0.39 is 10.0 Å². The summed E-state index contributed by atoms with van der Waals surface area (Å²) in [6, 6.07) is 12.8. The molecule has 0 spiro atoms. The smallest absolute Gasteiger partial charge is 0.243 e. The first kappa shape index (κ1) is 19.6. The third-order valence-electron chi connectivity index (χ3n) is 5.10. The molecule has 5 nitrogen and oxygen atoms in total. The Bertz CT molecular complexity index is 936. The first-order valence-corrected chi connectivity index (χ1v) is 10.7. The second kappa shape index (κ2) is 7.82. The largest absolute Gasteiger partial charge is 0.348 e. The molecule has 1 amide bonds. The lowest BCUT2D eigenvalue weighted by atomic mass is 10.0.